The highest BCUT2D eigenvalue weighted by atomic mass is 79.9. The summed E-state index contributed by atoms with van der Waals surface area (Å²) in [5, 5.41) is 3.93. The quantitative estimate of drug-likeness (QED) is 0.279. The Balaban J connectivity index is 1.86. The van der Waals surface area contributed by atoms with Gasteiger partial charge in [0.05, 0.1) is 11.2 Å². The summed E-state index contributed by atoms with van der Waals surface area (Å²) in [5.41, 5.74) is 5.69. The third-order valence-electron chi connectivity index (χ3n) is 4.62. The number of rotatable bonds is 1. The van der Waals surface area contributed by atoms with Crippen LogP contribution in [-0.4, -0.2) is 4.98 Å². The molecule has 0 aliphatic heterocycles. The number of pyridine rings is 1. The van der Waals surface area contributed by atoms with Crippen LogP contribution in [0.2, 0.25) is 5.02 Å². The molecular formula is C22H13BrClNO. The molecule has 0 saturated heterocycles. The number of aromatic nitrogens is 1. The van der Waals surface area contributed by atoms with Crippen molar-refractivity contribution in [1.29, 1.82) is 0 Å². The zero-order chi connectivity index (χ0) is 17.8. The highest BCUT2D eigenvalue weighted by molar-refractivity contribution is 9.10. The first-order valence-electron chi connectivity index (χ1n) is 8.28. The Morgan fingerprint density at radius 1 is 0.923 bits per heavy atom. The van der Waals surface area contributed by atoms with Gasteiger partial charge in [-0.1, -0.05) is 45.7 Å². The van der Waals surface area contributed by atoms with Crippen molar-refractivity contribution < 1.29 is 4.42 Å². The molecule has 0 radical (unpaired) electrons. The Hall–Kier alpha value is -2.36. The smallest absolute Gasteiger partial charge is 0.144 e. The minimum atomic E-state index is 0.697. The Morgan fingerprint density at radius 3 is 2.65 bits per heavy atom. The van der Waals surface area contributed by atoms with Gasteiger partial charge in [0.25, 0.3) is 0 Å². The van der Waals surface area contributed by atoms with Gasteiger partial charge in [-0.3, -0.25) is 0 Å². The molecule has 5 rings (SSSR count). The van der Waals surface area contributed by atoms with Gasteiger partial charge in [0.2, 0.25) is 0 Å². The van der Waals surface area contributed by atoms with Gasteiger partial charge in [0.1, 0.15) is 11.2 Å². The van der Waals surface area contributed by atoms with Crippen LogP contribution in [0.25, 0.3) is 44.1 Å². The summed E-state index contributed by atoms with van der Waals surface area (Å²) < 4.78 is 7.15. The van der Waals surface area contributed by atoms with Crippen LogP contribution in [0, 0.1) is 6.92 Å². The first-order chi connectivity index (χ1) is 12.6. The van der Waals surface area contributed by atoms with E-state index in [9.17, 15) is 0 Å². The standard InChI is InChI=1S/C22H13BrClNO/c1-12-8-15-14-4-2-3-5-21(14)26-22(15)17(9-12)20-11-18(23)16-10-13(24)6-7-19(16)25-20/h2-11H,1H3. The molecule has 2 heterocycles. The maximum absolute atomic E-state index is 6.19. The average Bonchev–Trinajstić information content (AvgIpc) is 3.00. The molecule has 2 aromatic heterocycles. The summed E-state index contributed by atoms with van der Waals surface area (Å²) >= 11 is 9.80. The Bertz CT molecular complexity index is 1320. The van der Waals surface area contributed by atoms with Gasteiger partial charge < -0.3 is 4.42 Å². The number of fused-ring (bicyclic) bond motifs is 4. The van der Waals surface area contributed by atoms with Crippen molar-refractivity contribution in [2.75, 3.05) is 0 Å². The lowest BCUT2D eigenvalue weighted by atomic mass is 10.0. The van der Waals surface area contributed by atoms with Crippen molar-refractivity contribution in [3.05, 3.63) is 75.7 Å². The van der Waals surface area contributed by atoms with E-state index in [-0.39, 0.29) is 0 Å². The van der Waals surface area contributed by atoms with Crippen LogP contribution in [0.4, 0.5) is 0 Å². The van der Waals surface area contributed by atoms with Crippen LogP contribution in [0.3, 0.4) is 0 Å². The Morgan fingerprint density at radius 2 is 1.77 bits per heavy atom. The normalized spacial score (nSPS) is 11.7. The molecule has 0 aliphatic carbocycles. The molecule has 3 aromatic carbocycles. The van der Waals surface area contributed by atoms with Gasteiger partial charge in [0.15, 0.2) is 0 Å². The molecular weight excluding hydrogens is 410 g/mol. The van der Waals surface area contributed by atoms with E-state index in [4.69, 9.17) is 21.0 Å². The van der Waals surface area contributed by atoms with E-state index in [2.05, 4.69) is 41.1 Å². The fourth-order valence-corrected chi connectivity index (χ4v) is 4.16. The number of para-hydroxylation sites is 1. The van der Waals surface area contributed by atoms with Crippen LogP contribution < -0.4 is 0 Å². The molecule has 0 unspecified atom stereocenters. The summed E-state index contributed by atoms with van der Waals surface area (Å²) in [4.78, 5) is 4.86. The van der Waals surface area contributed by atoms with E-state index in [0.29, 0.717) is 5.02 Å². The molecule has 0 spiro atoms. The number of halogens is 2. The van der Waals surface area contributed by atoms with E-state index in [1.54, 1.807) is 0 Å². The summed E-state index contributed by atoms with van der Waals surface area (Å²) in [6.07, 6.45) is 0. The highest BCUT2D eigenvalue weighted by Gasteiger charge is 2.15. The van der Waals surface area contributed by atoms with E-state index >= 15 is 0 Å². The van der Waals surface area contributed by atoms with Crippen LogP contribution in [0.5, 0.6) is 0 Å². The van der Waals surface area contributed by atoms with Crippen molar-refractivity contribution in [3.8, 4) is 11.3 Å². The molecule has 4 heteroatoms. The second kappa shape index (κ2) is 5.83. The van der Waals surface area contributed by atoms with Gasteiger partial charge >= 0.3 is 0 Å². The van der Waals surface area contributed by atoms with E-state index < -0.39 is 0 Å². The van der Waals surface area contributed by atoms with E-state index in [1.807, 2.05) is 42.5 Å². The molecule has 0 bridgehead atoms. The van der Waals surface area contributed by atoms with Crippen molar-refractivity contribution in [1.82, 2.24) is 4.98 Å². The van der Waals surface area contributed by atoms with Crippen LogP contribution in [-0.2, 0) is 0 Å². The fraction of sp³-hybridized carbons (Fsp3) is 0.0455. The number of benzene rings is 3. The van der Waals surface area contributed by atoms with Crippen molar-refractivity contribution in [2.24, 2.45) is 0 Å². The van der Waals surface area contributed by atoms with Gasteiger partial charge in [-0.2, -0.15) is 0 Å². The predicted octanol–water partition coefficient (Wildman–Crippen LogP) is 7.53. The predicted molar refractivity (Wildman–Crippen MR) is 112 cm³/mol. The largest absolute Gasteiger partial charge is 0.455 e. The number of hydrogen-bond donors (Lipinski definition) is 0. The Kier molecular flexibility index (Phi) is 3.56. The molecule has 0 aliphatic rings. The number of hydrogen-bond acceptors (Lipinski definition) is 2. The molecule has 0 N–H and O–H groups in total. The zero-order valence-corrected chi connectivity index (χ0v) is 16.2. The third kappa shape index (κ3) is 2.43. The minimum absolute atomic E-state index is 0.697. The minimum Gasteiger partial charge on any atom is -0.455 e. The van der Waals surface area contributed by atoms with Crippen molar-refractivity contribution in [3.63, 3.8) is 0 Å². The summed E-state index contributed by atoms with van der Waals surface area (Å²) in [6.45, 7) is 2.10. The second-order valence-corrected chi connectivity index (χ2v) is 7.73. The van der Waals surface area contributed by atoms with E-state index in [1.165, 1.54) is 5.56 Å². The van der Waals surface area contributed by atoms with Crippen LogP contribution in [0.15, 0.2) is 69.6 Å². The van der Waals surface area contributed by atoms with Gasteiger partial charge in [-0.15, -0.1) is 0 Å². The topological polar surface area (TPSA) is 26.0 Å². The van der Waals surface area contributed by atoms with Crippen molar-refractivity contribution >= 4 is 60.4 Å². The first kappa shape index (κ1) is 15.9. The number of furan rings is 1. The van der Waals surface area contributed by atoms with E-state index in [0.717, 1.165) is 48.6 Å². The first-order valence-corrected chi connectivity index (χ1v) is 9.45. The SMILES string of the molecule is Cc1cc(-c2cc(Br)c3cc(Cl)ccc3n2)c2oc3ccccc3c2c1. The molecule has 0 fully saturated rings. The molecule has 0 atom stereocenters. The molecule has 126 valence electrons. The number of nitrogens with zero attached hydrogens (tertiary/aromatic N) is 1. The summed E-state index contributed by atoms with van der Waals surface area (Å²) in [5.74, 6) is 0. The van der Waals surface area contributed by atoms with Gasteiger partial charge in [0, 0.05) is 31.2 Å². The highest BCUT2D eigenvalue weighted by Crippen LogP contribution is 2.38. The monoisotopic (exact) mass is 421 g/mol. The lowest BCUT2D eigenvalue weighted by molar-refractivity contribution is 0.669. The lowest BCUT2D eigenvalue weighted by Gasteiger charge is -2.08. The molecule has 5 aromatic rings. The third-order valence-corrected chi connectivity index (χ3v) is 5.51. The number of aryl methyl sites for hydroxylation is 1. The lowest BCUT2D eigenvalue weighted by Crippen LogP contribution is -1.89. The summed E-state index contributed by atoms with van der Waals surface area (Å²) in [7, 11) is 0. The molecule has 26 heavy (non-hydrogen) atoms. The van der Waals surface area contributed by atoms with Crippen LogP contribution >= 0.6 is 27.5 Å². The van der Waals surface area contributed by atoms with Crippen LogP contribution in [0.1, 0.15) is 5.56 Å². The van der Waals surface area contributed by atoms with Gasteiger partial charge in [-0.25, -0.2) is 4.98 Å². The maximum atomic E-state index is 6.19. The fourth-order valence-electron chi connectivity index (χ4n) is 3.46. The second-order valence-electron chi connectivity index (χ2n) is 6.44. The molecule has 2 nitrogen and oxygen atoms in total. The van der Waals surface area contributed by atoms with Crippen molar-refractivity contribution in [2.45, 2.75) is 6.92 Å². The molecule has 0 amide bonds. The van der Waals surface area contributed by atoms with Gasteiger partial charge in [-0.05, 0) is 55.0 Å². The maximum Gasteiger partial charge on any atom is 0.144 e. The average molecular weight is 423 g/mol. The molecule has 0 saturated carbocycles. The summed E-state index contributed by atoms with van der Waals surface area (Å²) in [6, 6.07) is 20.2. The Labute approximate surface area is 163 Å². The zero-order valence-electron chi connectivity index (χ0n) is 13.9.